The zero-order chi connectivity index (χ0) is 13.8. The Hall–Kier alpha value is -1.59. The second kappa shape index (κ2) is 5.65. The molecule has 0 aromatic carbocycles. The molecule has 1 atom stereocenters. The van der Waals surface area contributed by atoms with E-state index in [-0.39, 0.29) is 0 Å². The summed E-state index contributed by atoms with van der Waals surface area (Å²) in [4.78, 5) is 35.4. The van der Waals surface area contributed by atoms with E-state index in [1.807, 2.05) is 0 Å². The fraction of sp³-hybridized carbons (Fsp3) is 0.727. The third-order valence-corrected chi connectivity index (χ3v) is 1.74. The van der Waals surface area contributed by atoms with Gasteiger partial charge in [-0.3, -0.25) is 9.59 Å². The van der Waals surface area contributed by atoms with E-state index < -0.39 is 29.4 Å². The molecule has 0 rings (SSSR count). The second-order valence-corrected chi connectivity index (χ2v) is 4.93. The zero-order valence-electron chi connectivity index (χ0n) is 11.2. The number of amides is 2. The molecule has 0 aliphatic rings. The van der Waals surface area contributed by atoms with Gasteiger partial charge in [0.25, 0.3) is 5.91 Å². The molecule has 0 spiro atoms. The van der Waals surface area contributed by atoms with Gasteiger partial charge in [0.2, 0.25) is 5.78 Å². The predicted molar refractivity (Wildman–Crippen MR) is 62.5 cm³/mol. The lowest BCUT2D eigenvalue weighted by atomic mass is 10.2. The molecule has 0 aliphatic heterocycles. The Balaban J connectivity index is 4.36. The highest BCUT2D eigenvalue weighted by Gasteiger charge is 2.26. The maximum atomic E-state index is 11.5. The van der Waals surface area contributed by atoms with Crippen LogP contribution in [0.1, 0.15) is 27.7 Å². The van der Waals surface area contributed by atoms with Crippen LogP contribution in [-0.2, 0) is 14.3 Å². The third-order valence-electron chi connectivity index (χ3n) is 1.74. The minimum atomic E-state index is -0.903. The van der Waals surface area contributed by atoms with Crippen LogP contribution < -0.4 is 5.32 Å². The van der Waals surface area contributed by atoms with Crippen molar-refractivity contribution in [3.05, 3.63) is 0 Å². The number of carbonyl (C=O) groups is 3. The summed E-state index contributed by atoms with van der Waals surface area (Å²) in [5.41, 5.74) is -0.640. The van der Waals surface area contributed by atoms with Crippen molar-refractivity contribution in [3.8, 4) is 0 Å². The summed E-state index contributed by atoms with van der Waals surface area (Å²) in [5.74, 6) is -1.34. The molecule has 2 amide bonds. The van der Waals surface area contributed by atoms with Gasteiger partial charge in [0.05, 0.1) is 6.04 Å². The standard InChI is InChI=1S/C11H20N2O4/c1-7(8(14)9(15)13(5)6)12-10(16)17-11(2,3)4/h7H,1-6H3,(H,12,16)/t7-/m0/s1. The lowest BCUT2D eigenvalue weighted by molar-refractivity contribution is -0.143. The van der Waals surface area contributed by atoms with Crippen LogP contribution in [0.2, 0.25) is 0 Å². The number of ether oxygens (including phenoxy) is 1. The van der Waals surface area contributed by atoms with Gasteiger partial charge in [-0.1, -0.05) is 0 Å². The van der Waals surface area contributed by atoms with Gasteiger partial charge in [0.15, 0.2) is 0 Å². The zero-order valence-corrected chi connectivity index (χ0v) is 11.2. The largest absolute Gasteiger partial charge is 0.444 e. The number of Topliss-reactive ketones (excluding diaryl/α,β-unsaturated/α-hetero) is 1. The lowest BCUT2D eigenvalue weighted by Crippen LogP contribution is -2.46. The van der Waals surface area contributed by atoms with Gasteiger partial charge in [-0.15, -0.1) is 0 Å². The molecule has 6 nitrogen and oxygen atoms in total. The van der Waals surface area contributed by atoms with Crippen LogP contribution >= 0.6 is 0 Å². The van der Waals surface area contributed by atoms with Crippen LogP contribution in [0, 0.1) is 0 Å². The van der Waals surface area contributed by atoms with Crippen molar-refractivity contribution < 1.29 is 19.1 Å². The van der Waals surface area contributed by atoms with Gasteiger partial charge in [0, 0.05) is 14.1 Å². The number of rotatable bonds is 3. The monoisotopic (exact) mass is 244 g/mol. The number of nitrogens with zero attached hydrogens (tertiary/aromatic N) is 1. The Morgan fingerprint density at radius 2 is 1.65 bits per heavy atom. The van der Waals surface area contributed by atoms with Gasteiger partial charge < -0.3 is 15.0 Å². The van der Waals surface area contributed by atoms with Crippen molar-refractivity contribution >= 4 is 17.8 Å². The summed E-state index contributed by atoms with van der Waals surface area (Å²) in [6, 6.07) is -0.903. The maximum absolute atomic E-state index is 11.5. The lowest BCUT2D eigenvalue weighted by Gasteiger charge is -2.21. The number of ketones is 1. The maximum Gasteiger partial charge on any atom is 0.408 e. The molecule has 98 valence electrons. The van der Waals surface area contributed by atoms with Crippen molar-refractivity contribution in [1.82, 2.24) is 10.2 Å². The van der Waals surface area contributed by atoms with Crippen LogP contribution in [0.15, 0.2) is 0 Å². The first-order valence-electron chi connectivity index (χ1n) is 5.29. The number of hydrogen-bond donors (Lipinski definition) is 1. The topological polar surface area (TPSA) is 75.7 Å². The molecule has 6 heteroatoms. The van der Waals surface area contributed by atoms with Crippen molar-refractivity contribution in [3.63, 3.8) is 0 Å². The van der Waals surface area contributed by atoms with Crippen LogP contribution in [0.25, 0.3) is 0 Å². The smallest absolute Gasteiger partial charge is 0.408 e. The van der Waals surface area contributed by atoms with Crippen LogP contribution in [0.4, 0.5) is 4.79 Å². The van der Waals surface area contributed by atoms with E-state index in [4.69, 9.17) is 4.74 Å². The molecule has 0 saturated carbocycles. The third kappa shape index (κ3) is 5.89. The molecule has 0 aliphatic carbocycles. The Bertz CT molecular complexity index is 318. The van der Waals surface area contributed by atoms with Crippen molar-refractivity contribution in [2.24, 2.45) is 0 Å². The van der Waals surface area contributed by atoms with Gasteiger partial charge >= 0.3 is 6.09 Å². The van der Waals surface area contributed by atoms with Gasteiger partial charge in [-0.25, -0.2) is 4.79 Å². The normalized spacial score (nSPS) is 12.6. The highest BCUT2D eigenvalue weighted by Crippen LogP contribution is 2.06. The summed E-state index contributed by atoms with van der Waals surface area (Å²) in [6.07, 6.45) is -0.718. The molecule has 0 aromatic rings. The molecule has 17 heavy (non-hydrogen) atoms. The molecule has 0 bridgehead atoms. The predicted octanol–water partition coefficient (Wildman–Crippen LogP) is 0.557. The molecule has 0 heterocycles. The Morgan fingerprint density at radius 3 is 2.00 bits per heavy atom. The van der Waals surface area contributed by atoms with Crippen molar-refractivity contribution in [2.45, 2.75) is 39.3 Å². The molecule has 0 saturated heterocycles. The molecule has 1 N–H and O–H groups in total. The van der Waals surface area contributed by atoms with Crippen molar-refractivity contribution in [1.29, 1.82) is 0 Å². The van der Waals surface area contributed by atoms with Crippen molar-refractivity contribution in [2.75, 3.05) is 14.1 Å². The quantitative estimate of drug-likeness (QED) is 0.736. The Morgan fingerprint density at radius 1 is 1.18 bits per heavy atom. The number of hydrogen-bond acceptors (Lipinski definition) is 4. The average molecular weight is 244 g/mol. The summed E-state index contributed by atoms with van der Waals surface area (Å²) < 4.78 is 4.97. The number of alkyl carbamates (subject to hydrolysis) is 1. The molecular weight excluding hydrogens is 224 g/mol. The highest BCUT2D eigenvalue weighted by molar-refractivity contribution is 6.38. The van der Waals surface area contributed by atoms with E-state index in [0.29, 0.717) is 0 Å². The highest BCUT2D eigenvalue weighted by atomic mass is 16.6. The first-order valence-corrected chi connectivity index (χ1v) is 5.29. The Labute approximate surface area is 101 Å². The molecule has 0 aromatic heterocycles. The van der Waals surface area contributed by atoms with E-state index in [9.17, 15) is 14.4 Å². The van der Waals surface area contributed by atoms with E-state index in [1.54, 1.807) is 20.8 Å². The fourth-order valence-electron chi connectivity index (χ4n) is 0.955. The van der Waals surface area contributed by atoms with Crippen LogP contribution in [-0.4, -0.2) is 48.4 Å². The summed E-state index contributed by atoms with van der Waals surface area (Å²) in [6.45, 7) is 6.58. The number of nitrogens with one attached hydrogen (secondary N) is 1. The molecule has 0 fully saturated rings. The molecular formula is C11H20N2O4. The first-order chi connectivity index (χ1) is 7.54. The fourth-order valence-corrected chi connectivity index (χ4v) is 0.955. The summed E-state index contributed by atoms with van der Waals surface area (Å²) in [7, 11) is 2.95. The van der Waals surface area contributed by atoms with Crippen LogP contribution in [0.3, 0.4) is 0 Å². The first kappa shape index (κ1) is 15.4. The van der Waals surface area contributed by atoms with E-state index in [0.717, 1.165) is 4.90 Å². The molecule has 0 radical (unpaired) electrons. The average Bonchev–Trinajstić information content (AvgIpc) is 2.11. The van der Waals surface area contributed by atoms with Gasteiger partial charge in [-0.05, 0) is 27.7 Å². The summed E-state index contributed by atoms with van der Waals surface area (Å²) in [5, 5.41) is 2.31. The minimum absolute atomic E-state index is 0.640. The van der Waals surface area contributed by atoms with Gasteiger partial charge in [-0.2, -0.15) is 0 Å². The van der Waals surface area contributed by atoms with Crippen LogP contribution in [0.5, 0.6) is 0 Å². The minimum Gasteiger partial charge on any atom is -0.444 e. The Kier molecular flexibility index (Phi) is 5.12. The second-order valence-electron chi connectivity index (χ2n) is 4.93. The number of likely N-dealkylation sites (N-methyl/N-ethyl adjacent to an activating group) is 1. The summed E-state index contributed by atoms with van der Waals surface area (Å²) >= 11 is 0. The van der Waals surface area contributed by atoms with E-state index in [1.165, 1.54) is 21.0 Å². The van der Waals surface area contributed by atoms with E-state index in [2.05, 4.69) is 5.32 Å². The number of carbonyl (C=O) groups excluding carboxylic acids is 3. The molecule has 0 unspecified atom stereocenters. The van der Waals surface area contributed by atoms with E-state index >= 15 is 0 Å². The SMILES string of the molecule is C[C@H](NC(=O)OC(C)(C)C)C(=O)C(=O)N(C)C. The van der Waals surface area contributed by atoms with Gasteiger partial charge in [0.1, 0.15) is 5.60 Å².